The molecule has 0 aromatic heterocycles. The maximum atomic E-state index is 13.8. The minimum Gasteiger partial charge on any atom is -0.480 e. The number of carbonyl (C=O) groups is 2. The van der Waals surface area contributed by atoms with Crippen LogP contribution in [0, 0.1) is 11.2 Å². The molecule has 7 heteroatoms. The van der Waals surface area contributed by atoms with Gasteiger partial charge >= 0.3 is 5.97 Å². The second-order valence-electron chi connectivity index (χ2n) is 6.73. The maximum Gasteiger partial charge on any atom is 0.320 e. The van der Waals surface area contributed by atoms with E-state index in [1.807, 2.05) is 0 Å². The molecular formula is C17H20ClFN2O3. The monoisotopic (exact) mass is 354 g/mol. The van der Waals surface area contributed by atoms with E-state index in [9.17, 15) is 14.0 Å². The Hall–Kier alpha value is -1.66. The van der Waals surface area contributed by atoms with Gasteiger partial charge in [-0.3, -0.25) is 9.59 Å². The van der Waals surface area contributed by atoms with Crippen molar-refractivity contribution >= 4 is 23.5 Å². The highest BCUT2D eigenvalue weighted by Gasteiger charge is 2.44. The van der Waals surface area contributed by atoms with E-state index in [0.717, 1.165) is 12.8 Å². The van der Waals surface area contributed by atoms with Gasteiger partial charge in [-0.2, -0.15) is 0 Å². The molecule has 0 aliphatic carbocycles. The SMILES string of the molecule is O=C(O)[C@H]1CC2(CCN(C(=O)Cc3c(F)cccc3Cl)CC2)CN1. The molecule has 130 valence electrons. The number of hydrogen-bond acceptors (Lipinski definition) is 3. The molecule has 5 nitrogen and oxygen atoms in total. The first kappa shape index (κ1) is 17.2. The number of hydrogen-bond donors (Lipinski definition) is 2. The normalized spacial score (nSPS) is 22.8. The molecule has 3 rings (SSSR count). The van der Waals surface area contributed by atoms with E-state index < -0.39 is 17.8 Å². The average molecular weight is 355 g/mol. The summed E-state index contributed by atoms with van der Waals surface area (Å²) in [7, 11) is 0. The average Bonchev–Trinajstić information content (AvgIpc) is 2.96. The van der Waals surface area contributed by atoms with Crippen molar-refractivity contribution in [2.45, 2.75) is 31.7 Å². The van der Waals surface area contributed by atoms with Crippen LogP contribution >= 0.6 is 11.6 Å². The smallest absolute Gasteiger partial charge is 0.320 e. The molecule has 1 amide bonds. The Labute approximate surface area is 144 Å². The van der Waals surface area contributed by atoms with Crippen molar-refractivity contribution in [2.24, 2.45) is 5.41 Å². The summed E-state index contributed by atoms with van der Waals surface area (Å²) in [6.45, 7) is 1.81. The molecule has 1 aromatic rings. The molecular weight excluding hydrogens is 335 g/mol. The summed E-state index contributed by atoms with van der Waals surface area (Å²) in [6.07, 6.45) is 2.08. The van der Waals surface area contributed by atoms with Crippen LogP contribution in [-0.2, 0) is 16.0 Å². The van der Waals surface area contributed by atoms with E-state index in [0.29, 0.717) is 26.1 Å². The molecule has 24 heavy (non-hydrogen) atoms. The van der Waals surface area contributed by atoms with Gasteiger partial charge < -0.3 is 15.3 Å². The molecule has 2 heterocycles. The van der Waals surface area contributed by atoms with Gasteiger partial charge in [-0.15, -0.1) is 0 Å². The summed E-state index contributed by atoms with van der Waals surface area (Å²) in [4.78, 5) is 25.3. The summed E-state index contributed by atoms with van der Waals surface area (Å²) >= 11 is 5.98. The number of nitrogens with zero attached hydrogens (tertiary/aromatic N) is 1. The number of nitrogens with one attached hydrogen (secondary N) is 1. The third-order valence-electron chi connectivity index (χ3n) is 5.23. The number of piperidine rings is 1. The third-order valence-corrected chi connectivity index (χ3v) is 5.58. The van der Waals surface area contributed by atoms with Crippen LogP contribution in [0.5, 0.6) is 0 Å². The Morgan fingerprint density at radius 2 is 2.08 bits per heavy atom. The number of amides is 1. The molecule has 1 spiro atoms. The number of likely N-dealkylation sites (tertiary alicyclic amines) is 1. The van der Waals surface area contributed by atoms with Crippen LogP contribution < -0.4 is 5.32 Å². The van der Waals surface area contributed by atoms with Gasteiger partial charge in [0, 0.05) is 30.2 Å². The Bertz CT molecular complexity index is 639. The van der Waals surface area contributed by atoms with Gasteiger partial charge in [-0.25, -0.2) is 4.39 Å². The van der Waals surface area contributed by atoms with Crippen molar-refractivity contribution in [3.63, 3.8) is 0 Å². The van der Waals surface area contributed by atoms with Crippen LogP contribution in [0.4, 0.5) is 4.39 Å². The van der Waals surface area contributed by atoms with E-state index in [1.165, 1.54) is 12.1 Å². The van der Waals surface area contributed by atoms with Crippen molar-refractivity contribution in [3.8, 4) is 0 Å². The fourth-order valence-electron chi connectivity index (χ4n) is 3.67. The fraction of sp³-hybridized carbons (Fsp3) is 0.529. The highest BCUT2D eigenvalue weighted by Crippen LogP contribution is 2.39. The topological polar surface area (TPSA) is 69.6 Å². The van der Waals surface area contributed by atoms with Gasteiger partial charge in [0.25, 0.3) is 0 Å². The largest absolute Gasteiger partial charge is 0.480 e. The molecule has 2 aliphatic rings. The van der Waals surface area contributed by atoms with Gasteiger partial charge in [0.15, 0.2) is 0 Å². The van der Waals surface area contributed by atoms with Crippen molar-refractivity contribution < 1.29 is 19.1 Å². The van der Waals surface area contributed by atoms with Gasteiger partial charge in [-0.1, -0.05) is 17.7 Å². The van der Waals surface area contributed by atoms with Crippen LogP contribution in [0.1, 0.15) is 24.8 Å². The lowest BCUT2D eigenvalue weighted by atomic mass is 9.76. The number of carbonyl (C=O) groups excluding carboxylic acids is 1. The molecule has 1 atom stereocenters. The van der Waals surface area contributed by atoms with Crippen LogP contribution in [-0.4, -0.2) is 47.6 Å². The van der Waals surface area contributed by atoms with Gasteiger partial charge in [0.2, 0.25) is 5.91 Å². The summed E-state index contributed by atoms with van der Waals surface area (Å²) in [5, 5.41) is 12.4. The first-order valence-electron chi connectivity index (χ1n) is 8.07. The molecule has 0 unspecified atom stereocenters. The molecule has 1 aromatic carbocycles. The highest BCUT2D eigenvalue weighted by atomic mass is 35.5. The van der Waals surface area contributed by atoms with E-state index in [-0.39, 0.29) is 28.3 Å². The second kappa shape index (κ2) is 6.69. The lowest BCUT2D eigenvalue weighted by molar-refractivity contribution is -0.139. The molecule has 0 radical (unpaired) electrons. The summed E-state index contributed by atoms with van der Waals surface area (Å²) in [5.74, 6) is -1.43. The molecule has 2 aliphatic heterocycles. The first-order chi connectivity index (χ1) is 11.4. The van der Waals surface area contributed by atoms with E-state index in [1.54, 1.807) is 11.0 Å². The predicted molar refractivity (Wildman–Crippen MR) is 87.4 cm³/mol. The molecule has 2 fully saturated rings. The van der Waals surface area contributed by atoms with Crippen molar-refractivity contribution in [1.29, 1.82) is 0 Å². The molecule has 2 saturated heterocycles. The molecule has 2 N–H and O–H groups in total. The van der Waals surface area contributed by atoms with E-state index in [4.69, 9.17) is 16.7 Å². The number of carboxylic acid groups (broad SMARTS) is 1. The van der Waals surface area contributed by atoms with E-state index >= 15 is 0 Å². The Kier molecular flexibility index (Phi) is 4.78. The number of aliphatic carboxylic acids is 1. The summed E-state index contributed by atoms with van der Waals surface area (Å²) < 4.78 is 13.8. The van der Waals surface area contributed by atoms with Gasteiger partial charge in [-0.05, 0) is 36.8 Å². The van der Waals surface area contributed by atoms with Crippen LogP contribution in [0.15, 0.2) is 18.2 Å². The summed E-state index contributed by atoms with van der Waals surface area (Å²) in [6, 6.07) is 3.90. The zero-order valence-corrected chi connectivity index (χ0v) is 14.0. The van der Waals surface area contributed by atoms with Gasteiger partial charge in [0.1, 0.15) is 11.9 Å². The number of halogens is 2. The fourth-order valence-corrected chi connectivity index (χ4v) is 3.90. The van der Waals surface area contributed by atoms with Crippen LogP contribution in [0.3, 0.4) is 0 Å². The Morgan fingerprint density at radius 1 is 1.38 bits per heavy atom. The van der Waals surface area contributed by atoms with Crippen molar-refractivity contribution in [3.05, 3.63) is 34.6 Å². The zero-order chi connectivity index (χ0) is 17.3. The standard InChI is InChI=1S/C17H20ClFN2O3/c18-12-2-1-3-13(19)11(12)8-15(22)21-6-4-17(5-7-21)9-14(16(23)24)20-10-17/h1-3,14,20H,4-10H2,(H,23,24)/t14-/m1/s1. The second-order valence-corrected chi connectivity index (χ2v) is 7.14. The molecule has 0 bridgehead atoms. The quantitative estimate of drug-likeness (QED) is 0.872. The Morgan fingerprint density at radius 3 is 2.67 bits per heavy atom. The van der Waals surface area contributed by atoms with Crippen molar-refractivity contribution in [2.75, 3.05) is 19.6 Å². The number of rotatable bonds is 3. The van der Waals surface area contributed by atoms with Gasteiger partial charge in [0.05, 0.1) is 6.42 Å². The lowest BCUT2D eigenvalue weighted by Gasteiger charge is -2.39. The molecule has 0 saturated carbocycles. The predicted octanol–water partition coefficient (Wildman–Crippen LogP) is 2.08. The van der Waals surface area contributed by atoms with E-state index in [2.05, 4.69) is 5.32 Å². The first-order valence-corrected chi connectivity index (χ1v) is 8.45. The number of benzene rings is 1. The minimum atomic E-state index is -0.820. The minimum absolute atomic E-state index is 0.0462. The third kappa shape index (κ3) is 3.39. The lowest BCUT2D eigenvalue weighted by Crippen LogP contribution is -2.44. The van der Waals surface area contributed by atoms with Crippen LogP contribution in [0.2, 0.25) is 5.02 Å². The summed E-state index contributed by atoms with van der Waals surface area (Å²) in [5.41, 5.74) is 0.188. The number of carboxylic acids is 1. The Balaban J connectivity index is 1.59. The zero-order valence-electron chi connectivity index (χ0n) is 13.2. The van der Waals surface area contributed by atoms with Crippen LogP contribution in [0.25, 0.3) is 0 Å². The maximum absolute atomic E-state index is 13.8. The highest BCUT2D eigenvalue weighted by molar-refractivity contribution is 6.31. The van der Waals surface area contributed by atoms with Crippen molar-refractivity contribution in [1.82, 2.24) is 10.2 Å².